The third-order valence-corrected chi connectivity index (χ3v) is 4.55. The highest BCUT2D eigenvalue weighted by Crippen LogP contribution is 2.33. The minimum atomic E-state index is -1.01. The highest BCUT2D eigenvalue weighted by atomic mass is 32.1. The maximum Gasteiger partial charge on any atom is 0.323 e. The molecule has 1 aromatic heterocycles. The molecule has 2 amide bonds. The summed E-state index contributed by atoms with van der Waals surface area (Å²) >= 11 is 1.20. The second-order valence-corrected chi connectivity index (χ2v) is 6.57. The number of nitrogens with one attached hydrogen (secondary N) is 1. The van der Waals surface area contributed by atoms with Crippen LogP contribution >= 0.6 is 11.3 Å². The standard InChI is InChI=1S/C14H16N2O4S/c17-12(18)7-16(9-3-4-9)14(20)10-5-6-11(21-10)15-13(19)8-1-2-8/h5-6,8-9H,1-4,7H2,(H,15,19)(H,17,18). The number of carboxylic acid groups (broad SMARTS) is 1. The molecule has 2 aliphatic rings. The summed E-state index contributed by atoms with van der Waals surface area (Å²) < 4.78 is 0. The van der Waals surface area contributed by atoms with Crippen molar-refractivity contribution in [3.05, 3.63) is 17.0 Å². The number of anilines is 1. The van der Waals surface area contributed by atoms with E-state index in [0.717, 1.165) is 25.7 Å². The van der Waals surface area contributed by atoms with Gasteiger partial charge in [0.2, 0.25) is 5.91 Å². The van der Waals surface area contributed by atoms with Crippen LogP contribution in [-0.4, -0.2) is 40.4 Å². The summed E-state index contributed by atoms with van der Waals surface area (Å²) in [5, 5.41) is 12.3. The number of thiophene rings is 1. The number of hydrogen-bond acceptors (Lipinski definition) is 4. The molecule has 0 aliphatic heterocycles. The van der Waals surface area contributed by atoms with Gasteiger partial charge in [0.05, 0.1) is 9.88 Å². The molecule has 2 saturated carbocycles. The molecule has 6 nitrogen and oxygen atoms in total. The lowest BCUT2D eigenvalue weighted by Gasteiger charge is -2.19. The largest absolute Gasteiger partial charge is 0.480 e. The van der Waals surface area contributed by atoms with Gasteiger partial charge in [0.1, 0.15) is 6.54 Å². The summed E-state index contributed by atoms with van der Waals surface area (Å²) in [6.45, 7) is -0.273. The van der Waals surface area contributed by atoms with Gasteiger partial charge in [0.25, 0.3) is 5.91 Å². The Labute approximate surface area is 125 Å². The van der Waals surface area contributed by atoms with Crippen molar-refractivity contribution in [3.63, 3.8) is 0 Å². The van der Waals surface area contributed by atoms with Crippen LogP contribution in [0.5, 0.6) is 0 Å². The van der Waals surface area contributed by atoms with Gasteiger partial charge >= 0.3 is 5.97 Å². The molecule has 7 heteroatoms. The van der Waals surface area contributed by atoms with E-state index in [1.807, 2.05) is 0 Å². The Balaban J connectivity index is 1.67. The minimum Gasteiger partial charge on any atom is -0.480 e. The molecule has 0 saturated heterocycles. The fraction of sp³-hybridized carbons (Fsp3) is 0.500. The summed E-state index contributed by atoms with van der Waals surface area (Å²) in [4.78, 5) is 36.8. The van der Waals surface area contributed by atoms with Crippen LogP contribution in [0, 0.1) is 5.92 Å². The average molecular weight is 308 g/mol. The lowest BCUT2D eigenvalue weighted by molar-refractivity contribution is -0.137. The van der Waals surface area contributed by atoms with Crippen LogP contribution in [0.3, 0.4) is 0 Å². The average Bonchev–Trinajstić information content (AvgIpc) is 3.33. The van der Waals surface area contributed by atoms with E-state index in [2.05, 4.69) is 5.32 Å². The Morgan fingerprint density at radius 1 is 1.24 bits per heavy atom. The summed E-state index contributed by atoms with van der Waals surface area (Å²) in [6, 6.07) is 3.39. The molecular weight excluding hydrogens is 292 g/mol. The van der Waals surface area contributed by atoms with Crippen molar-refractivity contribution in [1.82, 2.24) is 4.90 Å². The Bertz CT molecular complexity index is 590. The van der Waals surface area contributed by atoms with E-state index in [9.17, 15) is 14.4 Å². The lowest BCUT2D eigenvalue weighted by atomic mass is 10.3. The van der Waals surface area contributed by atoms with E-state index in [4.69, 9.17) is 5.11 Å². The first-order valence-corrected chi connectivity index (χ1v) is 7.79. The van der Waals surface area contributed by atoms with Crippen LogP contribution in [-0.2, 0) is 9.59 Å². The van der Waals surface area contributed by atoms with Crippen molar-refractivity contribution in [2.45, 2.75) is 31.7 Å². The Kier molecular flexibility index (Phi) is 3.67. The molecule has 0 aromatic carbocycles. The first-order valence-electron chi connectivity index (χ1n) is 6.98. The number of carbonyl (C=O) groups excluding carboxylic acids is 2. The van der Waals surface area contributed by atoms with Crippen LogP contribution in [0.1, 0.15) is 35.4 Å². The van der Waals surface area contributed by atoms with E-state index in [0.29, 0.717) is 9.88 Å². The van der Waals surface area contributed by atoms with Crippen LogP contribution < -0.4 is 5.32 Å². The maximum absolute atomic E-state index is 12.4. The molecule has 0 spiro atoms. The van der Waals surface area contributed by atoms with Gasteiger partial charge in [-0.05, 0) is 37.8 Å². The van der Waals surface area contributed by atoms with Gasteiger partial charge in [0, 0.05) is 12.0 Å². The molecular formula is C14H16N2O4S. The maximum atomic E-state index is 12.4. The van der Waals surface area contributed by atoms with Crippen molar-refractivity contribution in [2.24, 2.45) is 5.92 Å². The van der Waals surface area contributed by atoms with Crippen molar-refractivity contribution in [3.8, 4) is 0 Å². The normalized spacial score (nSPS) is 17.3. The highest BCUT2D eigenvalue weighted by molar-refractivity contribution is 7.18. The number of amides is 2. The first kappa shape index (κ1) is 14.1. The van der Waals surface area contributed by atoms with Crippen molar-refractivity contribution in [1.29, 1.82) is 0 Å². The number of rotatable bonds is 6. The Hall–Kier alpha value is -1.89. The van der Waals surface area contributed by atoms with E-state index >= 15 is 0 Å². The van der Waals surface area contributed by atoms with Gasteiger partial charge in [-0.3, -0.25) is 14.4 Å². The smallest absolute Gasteiger partial charge is 0.323 e. The fourth-order valence-electron chi connectivity index (χ4n) is 2.13. The van der Waals surface area contributed by atoms with Gasteiger partial charge in [-0.2, -0.15) is 0 Å². The molecule has 2 fully saturated rings. The molecule has 2 aliphatic carbocycles. The molecule has 0 atom stereocenters. The molecule has 3 rings (SSSR count). The predicted octanol–water partition coefficient (Wildman–Crippen LogP) is 1.79. The van der Waals surface area contributed by atoms with Crippen molar-refractivity contribution in [2.75, 3.05) is 11.9 Å². The SMILES string of the molecule is O=C(O)CN(C(=O)c1ccc(NC(=O)C2CC2)s1)C1CC1. The van der Waals surface area contributed by atoms with Crippen LogP contribution in [0.25, 0.3) is 0 Å². The molecule has 21 heavy (non-hydrogen) atoms. The zero-order valence-electron chi connectivity index (χ0n) is 11.4. The highest BCUT2D eigenvalue weighted by Gasteiger charge is 2.35. The molecule has 1 heterocycles. The van der Waals surface area contributed by atoms with Gasteiger partial charge in [-0.25, -0.2) is 0 Å². The van der Waals surface area contributed by atoms with Crippen LogP contribution in [0.2, 0.25) is 0 Å². The number of carbonyl (C=O) groups is 3. The number of carboxylic acids is 1. The van der Waals surface area contributed by atoms with E-state index < -0.39 is 5.97 Å². The molecule has 1 aromatic rings. The fourth-order valence-corrected chi connectivity index (χ4v) is 2.99. The molecule has 0 bridgehead atoms. The van der Waals surface area contributed by atoms with E-state index in [-0.39, 0.29) is 30.3 Å². The molecule has 0 unspecified atom stereocenters. The number of nitrogens with zero attached hydrogens (tertiary/aromatic N) is 1. The topological polar surface area (TPSA) is 86.7 Å². The Morgan fingerprint density at radius 3 is 2.52 bits per heavy atom. The minimum absolute atomic E-state index is 0.000402. The van der Waals surface area contributed by atoms with Gasteiger partial charge in [0.15, 0.2) is 0 Å². The zero-order valence-corrected chi connectivity index (χ0v) is 12.2. The third kappa shape index (κ3) is 3.41. The van der Waals surface area contributed by atoms with Gasteiger partial charge in [-0.1, -0.05) is 0 Å². The summed E-state index contributed by atoms with van der Waals surface area (Å²) in [6.07, 6.45) is 3.57. The zero-order chi connectivity index (χ0) is 15.0. The number of hydrogen-bond donors (Lipinski definition) is 2. The van der Waals surface area contributed by atoms with Gasteiger partial charge in [-0.15, -0.1) is 11.3 Å². The summed E-state index contributed by atoms with van der Waals surface area (Å²) in [5.74, 6) is -1.16. The second-order valence-electron chi connectivity index (χ2n) is 5.49. The van der Waals surface area contributed by atoms with E-state index in [1.54, 1.807) is 12.1 Å². The van der Waals surface area contributed by atoms with Gasteiger partial charge < -0.3 is 15.3 Å². The molecule has 0 radical (unpaired) electrons. The van der Waals surface area contributed by atoms with Crippen LogP contribution in [0.4, 0.5) is 5.00 Å². The second kappa shape index (κ2) is 5.48. The number of aliphatic carboxylic acids is 1. The Morgan fingerprint density at radius 2 is 1.95 bits per heavy atom. The monoisotopic (exact) mass is 308 g/mol. The molecule has 112 valence electrons. The van der Waals surface area contributed by atoms with Crippen LogP contribution in [0.15, 0.2) is 12.1 Å². The summed E-state index contributed by atoms with van der Waals surface area (Å²) in [5.41, 5.74) is 0. The summed E-state index contributed by atoms with van der Waals surface area (Å²) in [7, 11) is 0. The molecule has 2 N–H and O–H groups in total. The first-order chi connectivity index (χ1) is 10.0. The van der Waals surface area contributed by atoms with E-state index in [1.165, 1.54) is 16.2 Å². The van der Waals surface area contributed by atoms with Crippen molar-refractivity contribution < 1.29 is 19.5 Å². The lowest BCUT2D eigenvalue weighted by Crippen LogP contribution is -2.37. The predicted molar refractivity (Wildman–Crippen MR) is 77.4 cm³/mol. The van der Waals surface area contributed by atoms with Crippen molar-refractivity contribution >= 4 is 34.1 Å². The quantitative estimate of drug-likeness (QED) is 0.838. The third-order valence-electron chi connectivity index (χ3n) is 3.57.